The topological polar surface area (TPSA) is 337 Å². The monoisotopic (exact) mass is 1730 g/mol. The SMILES string of the molecule is COCCOc1nc(N)c2cnn(Cc3ccc(CN4CCCC4)cc3)c2n1.COCCOc1nc(N)c2cnn(Cc3ccc(CN4CCCC4)cc3)c2n1.COCCOc1nc(NCc2ccc(OC)cc2)c2cnn(Cc3ccc(CN4CCCC4)cc3)c2n1.COc1ccc(CNc2nc(Cl)nc3c2cnn3Cc2ccc(CN3CCCC3)cc2)cc1. The standard InChI is InChI=1S/C28H34N6O3.C25H27ClN6O.2C20H26N6O2/c1-35-15-16-37-28-31-26(29-17-21-9-11-24(36-2)12-10-21)25-18-30-34(27(25)32-28)20-23-7-5-22(6-8-23)19-33-13-3-4-14-33;1-33-21-10-8-18(9-11-21)14-27-23-22-15-28-32(24(22)30-25(26)29-23)17-20-6-4-19(5-7-20)16-31-12-2-3-13-31;2*1-27-10-11-28-20-23-18(21)17-12-22-26(19(17)24-20)14-16-6-4-15(5-7-16)13-25-8-2-3-9-25/h5-12,18H,3-4,13-17,19-20H2,1-2H3,(H,29,31,32);4-11,15H,2-3,12-14,16-17H2,1H3,(H,27,29,30);2*4-7,12H,2-3,8-11,13-14H2,1H3,(H2,21,23,24). The molecule has 0 spiro atoms. The molecule has 660 valence electrons. The summed E-state index contributed by atoms with van der Waals surface area (Å²) in [5.41, 5.74) is 27.1. The number of methoxy groups -OCH3 is 5. The van der Waals surface area contributed by atoms with Gasteiger partial charge in [-0.1, -0.05) is 121 Å². The number of ether oxygens (including phenoxy) is 8. The second kappa shape index (κ2) is 44.6. The first-order valence-electron chi connectivity index (χ1n) is 43.3. The first-order valence-corrected chi connectivity index (χ1v) is 43.6. The van der Waals surface area contributed by atoms with Crippen molar-refractivity contribution in [3.8, 4) is 29.5 Å². The van der Waals surface area contributed by atoms with Gasteiger partial charge in [-0.3, -0.25) is 19.6 Å². The van der Waals surface area contributed by atoms with Crippen molar-refractivity contribution in [2.45, 2.75) is 117 Å². The molecule has 0 saturated carbocycles. The first kappa shape index (κ1) is 88.6. The lowest BCUT2D eigenvalue weighted by Gasteiger charge is -2.14. The number of likely N-dealkylation sites (tertiary alicyclic amines) is 4. The van der Waals surface area contributed by atoms with Crippen molar-refractivity contribution in [3.05, 3.63) is 231 Å². The molecule has 0 aliphatic carbocycles. The molecular weight excluding hydrogens is 1620 g/mol. The molecule has 0 bridgehead atoms. The van der Waals surface area contributed by atoms with Gasteiger partial charge in [0.15, 0.2) is 22.6 Å². The molecule has 4 saturated heterocycles. The van der Waals surface area contributed by atoms with Crippen LogP contribution >= 0.6 is 11.6 Å². The molecule has 8 aromatic heterocycles. The third-order valence-electron chi connectivity index (χ3n) is 22.6. The maximum absolute atomic E-state index is 6.25. The van der Waals surface area contributed by atoms with E-state index in [1.54, 1.807) is 54.1 Å². The highest BCUT2D eigenvalue weighted by atomic mass is 35.5. The Morgan fingerprint density at radius 1 is 0.294 bits per heavy atom. The third kappa shape index (κ3) is 24.4. The average Bonchev–Trinajstić information content (AvgIpc) is 1.41. The summed E-state index contributed by atoms with van der Waals surface area (Å²) in [5, 5.41) is 28.2. The van der Waals surface area contributed by atoms with Crippen LogP contribution in [0.5, 0.6) is 29.5 Å². The van der Waals surface area contributed by atoms with E-state index in [0.717, 1.165) is 87.1 Å². The predicted octanol–water partition coefficient (Wildman–Crippen LogP) is 13.0. The molecule has 0 radical (unpaired) electrons. The molecule has 12 heterocycles. The van der Waals surface area contributed by atoms with Crippen molar-refractivity contribution >= 4 is 79.0 Å². The maximum Gasteiger partial charge on any atom is 0.320 e. The highest BCUT2D eigenvalue weighted by Gasteiger charge is 2.22. The molecule has 18 rings (SSSR count). The van der Waals surface area contributed by atoms with Gasteiger partial charge in [-0.25, -0.2) is 18.7 Å². The van der Waals surface area contributed by atoms with Crippen molar-refractivity contribution in [2.75, 3.05) is 150 Å². The Hall–Kier alpha value is -12.3. The lowest BCUT2D eigenvalue weighted by Crippen LogP contribution is -2.18. The van der Waals surface area contributed by atoms with Gasteiger partial charge >= 0.3 is 18.0 Å². The molecular formula is C93H113ClN24O8. The number of aromatic nitrogens is 16. The fraction of sp³-hybridized carbons (Fsp3) is 0.398. The Morgan fingerprint density at radius 2 is 0.548 bits per heavy atom. The molecule has 6 aromatic carbocycles. The first-order chi connectivity index (χ1) is 61.8. The summed E-state index contributed by atoms with van der Waals surface area (Å²) in [6, 6.07) is 51.6. The molecule has 4 aliphatic heterocycles. The summed E-state index contributed by atoms with van der Waals surface area (Å²) < 4.78 is 49.8. The Bertz CT molecular complexity index is 5590. The number of nitrogens with zero attached hydrogens (tertiary/aromatic N) is 20. The van der Waals surface area contributed by atoms with Gasteiger partial charge in [0.05, 0.1) is 107 Å². The lowest BCUT2D eigenvalue weighted by atomic mass is 10.1. The molecule has 0 unspecified atom stereocenters. The molecule has 0 atom stereocenters. The molecule has 4 fully saturated rings. The zero-order chi connectivity index (χ0) is 86.8. The van der Waals surface area contributed by atoms with Crippen molar-refractivity contribution in [2.24, 2.45) is 0 Å². The fourth-order valence-corrected chi connectivity index (χ4v) is 15.9. The van der Waals surface area contributed by atoms with E-state index in [-0.39, 0.29) is 17.3 Å². The summed E-state index contributed by atoms with van der Waals surface area (Å²) in [6.45, 7) is 19.9. The number of hydrogen-bond acceptors (Lipinski definition) is 28. The van der Waals surface area contributed by atoms with E-state index in [4.69, 9.17) is 61.0 Å². The number of anilines is 4. The molecule has 4 aliphatic rings. The molecule has 0 amide bonds. The van der Waals surface area contributed by atoms with E-state index in [2.05, 4.69) is 188 Å². The van der Waals surface area contributed by atoms with Crippen LogP contribution < -0.4 is 45.8 Å². The van der Waals surface area contributed by atoms with Crippen LogP contribution in [0.15, 0.2) is 170 Å². The van der Waals surface area contributed by atoms with E-state index >= 15 is 0 Å². The van der Waals surface area contributed by atoms with Crippen LogP contribution in [0, 0.1) is 0 Å². The van der Waals surface area contributed by atoms with Crippen molar-refractivity contribution in [3.63, 3.8) is 0 Å². The van der Waals surface area contributed by atoms with E-state index in [9.17, 15) is 0 Å². The summed E-state index contributed by atoms with van der Waals surface area (Å²) in [7, 11) is 8.20. The van der Waals surface area contributed by atoms with Gasteiger partial charge in [0.1, 0.15) is 54.6 Å². The van der Waals surface area contributed by atoms with Crippen LogP contribution in [-0.4, -0.2) is 226 Å². The summed E-state index contributed by atoms with van der Waals surface area (Å²) in [5.74, 6) is 3.74. The van der Waals surface area contributed by atoms with E-state index in [1.165, 1.54) is 137 Å². The minimum absolute atomic E-state index is 0.197. The van der Waals surface area contributed by atoms with Gasteiger partial charge in [0.2, 0.25) is 5.28 Å². The van der Waals surface area contributed by atoms with Gasteiger partial charge in [-0.05, 0) is 195 Å². The molecule has 14 aromatic rings. The van der Waals surface area contributed by atoms with Gasteiger partial charge in [0, 0.05) is 60.6 Å². The second-order valence-corrected chi connectivity index (χ2v) is 32.1. The van der Waals surface area contributed by atoms with E-state index in [0.29, 0.717) is 125 Å². The van der Waals surface area contributed by atoms with Crippen LogP contribution in [0.2, 0.25) is 5.28 Å². The highest BCUT2D eigenvalue weighted by molar-refractivity contribution is 6.28. The number of halogens is 1. The van der Waals surface area contributed by atoms with Crippen molar-refractivity contribution in [1.82, 2.24) is 98.6 Å². The van der Waals surface area contributed by atoms with Crippen LogP contribution in [0.3, 0.4) is 0 Å². The van der Waals surface area contributed by atoms with Gasteiger partial charge in [0.25, 0.3) is 0 Å². The number of nitrogens with two attached hydrogens (primary N) is 2. The smallest absolute Gasteiger partial charge is 0.320 e. The summed E-state index contributed by atoms with van der Waals surface area (Å²) in [6.07, 6.45) is 17.5. The molecule has 33 heteroatoms. The second-order valence-electron chi connectivity index (χ2n) is 31.8. The number of rotatable bonds is 36. The van der Waals surface area contributed by atoms with Gasteiger partial charge < -0.3 is 60.0 Å². The highest BCUT2D eigenvalue weighted by Crippen LogP contribution is 2.30. The Morgan fingerprint density at radius 3 is 0.841 bits per heavy atom. The van der Waals surface area contributed by atoms with E-state index < -0.39 is 0 Å². The van der Waals surface area contributed by atoms with Crippen LogP contribution in [-0.2, 0) is 79.7 Å². The predicted molar refractivity (Wildman–Crippen MR) is 488 cm³/mol. The number of nitrogens with one attached hydrogen (secondary N) is 2. The minimum Gasteiger partial charge on any atom is -0.497 e. The average molecular weight is 1730 g/mol. The van der Waals surface area contributed by atoms with Crippen LogP contribution in [0.1, 0.15) is 107 Å². The fourth-order valence-electron chi connectivity index (χ4n) is 15.7. The summed E-state index contributed by atoms with van der Waals surface area (Å²) in [4.78, 5) is 45.5. The third-order valence-corrected chi connectivity index (χ3v) is 22.8. The zero-order valence-corrected chi connectivity index (χ0v) is 73.3. The van der Waals surface area contributed by atoms with Crippen LogP contribution in [0.4, 0.5) is 23.3 Å². The molecule has 32 nitrogen and oxygen atoms in total. The molecule has 126 heavy (non-hydrogen) atoms. The maximum atomic E-state index is 6.25. The summed E-state index contributed by atoms with van der Waals surface area (Å²) >= 11 is 6.25. The number of nitrogen functional groups attached to an aromatic ring is 2. The Kier molecular flexibility index (Phi) is 31.3. The van der Waals surface area contributed by atoms with Crippen molar-refractivity contribution in [1.29, 1.82) is 0 Å². The van der Waals surface area contributed by atoms with E-state index in [1.807, 2.05) is 73.5 Å². The largest absolute Gasteiger partial charge is 0.497 e. The van der Waals surface area contributed by atoms with Crippen LogP contribution in [0.25, 0.3) is 44.1 Å². The van der Waals surface area contributed by atoms with Gasteiger partial charge in [-0.2, -0.15) is 60.3 Å². The molecule has 6 N–H and O–H groups in total. The normalized spacial score (nSPS) is 14.3. The Balaban J connectivity index is 0.000000130. The lowest BCUT2D eigenvalue weighted by molar-refractivity contribution is 0.141. The van der Waals surface area contributed by atoms with Crippen molar-refractivity contribution < 1.29 is 37.9 Å². The number of benzene rings is 6. The zero-order valence-electron chi connectivity index (χ0n) is 72.5. The van der Waals surface area contributed by atoms with Gasteiger partial charge in [-0.15, -0.1) is 0 Å². The quantitative estimate of drug-likeness (QED) is 0.0209. The minimum atomic E-state index is 0.197. The number of fused-ring (bicyclic) bond motifs is 4. The number of hydrogen-bond donors (Lipinski definition) is 4. The Labute approximate surface area is 738 Å².